The van der Waals surface area contributed by atoms with Gasteiger partial charge in [0.25, 0.3) is 0 Å². The molecule has 0 amide bonds. The molecule has 1 aromatic carbocycles. The maximum Gasteiger partial charge on any atom is 0.150 e. The first-order valence-electron chi connectivity index (χ1n) is 5.59. The summed E-state index contributed by atoms with van der Waals surface area (Å²) < 4.78 is 20.1. The Hall–Kier alpha value is -1.01. The Morgan fingerprint density at radius 2 is 1.89 bits per heavy atom. The van der Waals surface area contributed by atoms with Gasteiger partial charge in [-0.3, -0.25) is 9.11 Å². The Bertz CT molecular complexity index is 560. The lowest BCUT2D eigenvalue weighted by Gasteiger charge is -2.26. The van der Waals surface area contributed by atoms with Gasteiger partial charge < -0.3 is 0 Å². The van der Waals surface area contributed by atoms with Crippen LogP contribution < -0.4 is 0 Å². The van der Waals surface area contributed by atoms with Gasteiger partial charge in [0.1, 0.15) is 0 Å². The number of nitrogens with zero attached hydrogens (tertiary/aromatic N) is 1. The van der Waals surface area contributed by atoms with E-state index < -0.39 is 10.6 Å². The molecule has 1 aliphatic rings. The third kappa shape index (κ3) is 2.14. The molecule has 94 valence electrons. The summed E-state index contributed by atoms with van der Waals surface area (Å²) in [6.45, 7) is 0. The first-order chi connectivity index (χ1) is 8.67. The topological polar surface area (TPSA) is 53.4 Å². The van der Waals surface area contributed by atoms with Gasteiger partial charge >= 0.3 is 0 Å². The van der Waals surface area contributed by atoms with Crippen molar-refractivity contribution in [2.24, 2.45) is 0 Å². The van der Waals surface area contributed by atoms with Crippen molar-refractivity contribution in [3.63, 3.8) is 0 Å². The van der Waals surface area contributed by atoms with Crippen molar-refractivity contribution in [1.82, 2.24) is 4.98 Å². The van der Waals surface area contributed by atoms with Crippen LogP contribution in [0.1, 0.15) is 10.8 Å². The summed E-state index contributed by atoms with van der Waals surface area (Å²) in [6.07, 6.45) is 1.61. The van der Waals surface area contributed by atoms with Crippen LogP contribution in [-0.4, -0.2) is 19.8 Å². The molecule has 2 N–H and O–H groups in total. The van der Waals surface area contributed by atoms with Crippen LogP contribution in [0.4, 0.5) is 0 Å². The van der Waals surface area contributed by atoms with Crippen molar-refractivity contribution in [1.29, 1.82) is 0 Å². The highest BCUT2D eigenvalue weighted by Crippen LogP contribution is 2.61. The molecule has 18 heavy (non-hydrogen) atoms. The quantitative estimate of drug-likeness (QED) is 0.871. The maximum absolute atomic E-state index is 10.1. The summed E-state index contributed by atoms with van der Waals surface area (Å²) in [6, 6.07) is 13.8. The van der Waals surface area contributed by atoms with Crippen LogP contribution in [0.25, 0.3) is 0 Å². The SMILES string of the molecule is OS1(O)CC(Sc2ccccc2)c2cccnc21. The van der Waals surface area contributed by atoms with Crippen LogP contribution in [0.2, 0.25) is 0 Å². The van der Waals surface area contributed by atoms with Crippen molar-refractivity contribution in [2.75, 3.05) is 5.75 Å². The van der Waals surface area contributed by atoms with Gasteiger partial charge in [0.15, 0.2) is 5.03 Å². The summed E-state index contributed by atoms with van der Waals surface area (Å²) in [7, 11) is -2.71. The molecule has 0 radical (unpaired) electrons. The van der Waals surface area contributed by atoms with Crippen LogP contribution in [0, 0.1) is 0 Å². The second-order valence-corrected chi connectivity index (χ2v) is 7.48. The molecule has 3 rings (SSSR count). The van der Waals surface area contributed by atoms with Gasteiger partial charge in [-0.1, -0.05) is 24.3 Å². The Morgan fingerprint density at radius 1 is 1.11 bits per heavy atom. The Labute approximate surface area is 112 Å². The van der Waals surface area contributed by atoms with Crippen LogP contribution in [0.15, 0.2) is 58.6 Å². The van der Waals surface area contributed by atoms with Crippen molar-refractivity contribution >= 4 is 22.4 Å². The van der Waals surface area contributed by atoms with Crippen molar-refractivity contribution in [2.45, 2.75) is 15.2 Å². The number of fused-ring (bicyclic) bond motifs is 1. The van der Waals surface area contributed by atoms with E-state index in [1.54, 1.807) is 18.0 Å². The largest absolute Gasteiger partial charge is 0.293 e. The third-order valence-electron chi connectivity index (χ3n) is 2.86. The molecule has 3 nitrogen and oxygen atoms in total. The number of benzene rings is 1. The van der Waals surface area contributed by atoms with E-state index in [-0.39, 0.29) is 5.25 Å². The normalized spacial score (nSPS) is 22.4. The molecule has 2 aromatic rings. The smallest absolute Gasteiger partial charge is 0.150 e. The molecule has 0 spiro atoms. The molecule has 5 heteroatoms. The number of thioether (sulfide) groups is 1. The Kier molecular flexibility index (Phi) is 3.07. The van der Waals surface area contributed by atoms with E-state index in [0.717, 1.165) is 10.5 Å². The first kappa shape index (κ1) is 12.0. The summed E-state index contributed by atoms with van der Waals surface area (Å²) in [4.78, 5) is 5.26. The zero-order chi connectivity index (χ0) is 12.6. The predicted octanol–water partition coefficient (Wildman–Crippen LogP) is 4.04. The maximum atomic E-state index is 10.1. The van der Waals surface area contributed by atoms with Crippen LogP contribution >= 0.6 is 22.4 Å². The van der Waals surface area contributed by atoms with Gasteiger partial charge in [-0.25, -0.2) is 4.98 Å². The second-order valence-electron chi connectivity index (χ2n) is 4.15. The minimum absolute atomic E-state index is 0.0705. The molecule has 2 heterocycles. The Morgan fingerprint density at radius 3 is 2.67 bits per heavy atom. The monoisotopic (exact) mass is 279 g/mol. The van der Waals surface area contributed by atoms with Gasteiger partial charge in [0.05, 0.1) is 11.0 Å². The van der Waals surface area contributed by atoms with Gasteiger partial charge in [-0.05, 0) is 18.2 Å². The molecule has 0 fully saturated rings. The Balaban J connectivity index is 1.92. The highest BCUT2D eigenvalue weighted by molar-refractivity contribution is 8.25. The molecular weight excluding hydrogens is 266 g/mol. The summed E-state index contributed by atoms with van der Waals surface area (Å²) in [5.41, 5.74) is 0.950. The van der Waals surface area contributed by atoms with Crippen molar-refractivity contribution in [3.05, 3.63) is 54.2 Å². The fourth-order valence-electron chi connectivity index (χ4n) is 2.06. The van der Waals surface area contributed by atoms with E-state index >= 15 is 0 Å². The predicted molar refractivity (Wildman–Crippen MR) is 75.3 cm³/mol. The number of hydrogen-bond acceptors (Lipinski definition) is 4. The highest BCUT2D eigenvalue weighted by Gasteiger charge is 2.36. The summed E-state index contributed by atoms with van der Waals surface area (Å²) in [5, 5.41) is 0.541. The summed E-state index contributed by atoms with van der Waals surface area (Å²) >= 11 is 1.66. The minimum Gasteiger partial charge on any atom is -0.293 e. The van der Waals surface area contributed by atoms with Crippen LogP contribution in [0.5, 0.6) is 0 Å². The average Bonchev–Trinajstić information content (AvgIpc) is 2.63. The zero-order valence-corrected chi connectivity index (χ0v) is 11.2. The number of pyridine rings is 1. The molecule has 0 bridgehead atoms. The van der Waals surface area contributed by atoms with E-state index in [2.05, 4.69) is 4.98 Å². The lowest BCUT2D eigenvalue weighted by Crippen LogP contribution is -1.99. The first-order valence-corrected chi connectivity index (χ1v) is 8.19. The standard InChI is InChI=1S/C13H13NO2S2/c15-18(16)9-12(11-7-4-8-14-13(11)18)17-10-5-2-1-3-6-10/h1-8,12,15-16H,9H2. The van der Waals surface area contributed by atoms with Gasteiger partial charge in [0, 0.05) is 16.7 Å². The van der Waals surface area contributed by atoms with Crippen LogP contribution in [-0.2, 0) is 0 Å². The minimum atomic E-state index is -2.71. The second kappa shape index (κ2) is 4.59. The molecular formula is C13H13NO2S2. The van der Waals surface area contributed by atoms with Gasteiger partial charge in [-0.2, -0.15) is 10.6 Å². The molecule has 1 aromatic heterocycles. The lowest BCUT2D eigenvalue weighted by atomic mass is 10.2. The fraction of sp³-hybridized carbons (Fsp3) is 0.154. The zero-order valence-electron chi connectivity index (χ0n) is 9.56. The third-order valence-corrected chi connectivity index (χ3v) is 6.08. The number of rotatable bonds is 2. The van der Waals surface area contributed by atoms with E-state index in [4.69, 9.17) is 0 Å². The van der Waals surface area contributed by atoms with E-state index in [1.165, 1.54) is 0 Å². The van der Waals surface area contributed by atoms with E-state index in [9.17, 15) is 9.11 Å². The highest BCUT2D eigenvalue weighted by atomic mass is 32.3. The lowest BCUT2D eigenvalue weighted by molar-refractivity contribution is 0.488. The van der Waals surface area contributed by atoms with Gasteiger partial charge in [0.2, 0.25) is 0 Å². The molecule has 0 aliphatic carbocycles. The average molecular weight is 279 g/mol. The number of hydrogen-bond donors (Lipinski definition) is 2. The van der Waals surface area contributed by atoms with Crippen molar-refractivity contribution < 1.29 is 9.11 Å². The molecule has 0 saturated heterocycles. The fourth-order valence-corrected chi connectivity index (χ4v) is 5.52. The molecule has 1 unspecified atom stereocenters. The summed E-state index contributed by atoms with van der Waals surface area (Å²) in [5.74, 6) is 0.360. The van der Waals surface area contributed by atoms with Gasteiger partial charge in [-0.15, -0.1) is 11.8 Å². The van der Waals surface area contributed by atoms with Crippen molar-refractivity contribution in [3.8, 4) is 0 Å². The van der Waals surface area contributed by atoms with Crippen LogP contribution in [0.3, 0.4) is 0 Å². The van der Waals surface area contributed by atoms with E-state index in [1.807, 2.05) is 42.5 Å². The van der Waals surface area contributed by atoms with E-state index in [0.29, 0.717) is 10.8 Å². The number of aromatic nitrogens is 1. The molecule has 0 saturated carbocycles. The molecule has 1 aliphatic heterocycles. The molecule has 1 atom stereocenters.